The maximum Gasteiger partial charge on any atom is 0.312 e. The number of rotatable bonds is 7. The third-order valence-electron chi connectivity index (χ3n) is 5.73. The summed E-state index contributed by atoms with van der Waals surface area (Å²) in [5.41, 5.74) is -0.0147. The Morgan fingerprint density at radius 3 is 3.00 bits per heavy atom. The van der Waals surface area contributed by atoms with Crippen molar-refractivity contribution < 1.29 is 19.1 Å². The van der Waals surface area contributed by atoms with Gasteiger partial charge in [-0.15, -0.1) is 0 Å². The molecule has 5 nitrogen and oxygen atoms in total. The molecule has 4 unspecified atom stereocenters. The first-order chi connectivity index (χ1) is 13.1. The number of nitrogens with zero attached hydrogens (tertiary/aromatic N) is 1. The van der Waals surface area contributed by atoms with Crippen LogP contribution in [0.4, 0.5) is 5.69 Å². The maximum absolute atomic E-state index is 13.2. The summed E-state index contributed by atoms with van der Waals surface area (Å²) in [4.78, 5) is 27.6. The second-order valence-electron chi connectivity index (χ2n) is 7.53. The maximum atomic E-state index is 13.2. The first-order valence-corrected chi connectivity index (χ1v) is 10.0. The Morgan fingerprint density at radius 1 is 1.37 bits per heavy atom. The number of anilines is 1. The lowest BCUT2D eigenvalue weighted by atomic mass is 9.77. The largest absolute Gasteiger partial charge is 0.465 e. The molecule has 1 spiro atoms. The minimum absolute atomic E-state index is 0.1000. The molecule has 1 amide bonds. The summed E-state index contributed by atoms with van der Waals surface area (Å²) in [6, 6.07) is 7.19. The van der Waals surface area contributed by atoms with Crippen LogP contribution >= 0.6 is 11.6 Å². The van der Waals surface area contributed by atoms with Crippen molar-refractivity contribution in [1.82, 2.24) is 0 Å². The van der Waals surface area contributed by atoms with Crippen LogP contribution in [0.5, 0.6) is 0 Å². The van der Waals surface area contributed by atoms with E-state index in [-0.39, 0.29) is 18.0 Å². The SMILES string of the molecule is CCCCCCOC(=O)C1C2C=CC3(CN(c4cccc(Cl)c4)C(=O)C13)O2. The van der Waals surface area contributed by atoms with Gasteiger partial charge >= 0.3 is 5.97 Å². The second-order valence-corrected chi connectivity index (χ2v) is 7.97. The average molecular weight is 390 g/mol. The summed E-state index contributed by atoms with van der Waals surface area (Å²) in [6.45, 7) is 2.93. The number of benzene rings is 1. The predicted molar refractivity (Wildman–Crippen MR) is 103 cm³/mol. The number of carbonyl (C=O) groups is 2. The molecule has 0 radical (unpaired) electrons. The standard InChI is InChI=1S/C21H24ClNO4/c1-2-3-4-5-11-26-20(25)17-16-9-10-21(27-16)13-23(19(24)18(17)21)15-8-6-7-14(22)12-15/h6-10,12,16-18H,2-5,11,13H2,1H3. The highest BCUT2D eigenvalue weighted by Crippen LogP contribution is 2.53. The van der Waals surface area contributed by atoms with Gasteiger partial charge in [0, 0.05) is 10.7 Å². The lowest BCUT2D eigenvalue weighted by Crippen LogP contribution is -2.40. The number of unbranched alkanes of at least 4 members (excludes halogenated alkanes) is 3. The highest BCUT2D eigenvalue weighted by molar-refractivity contribution is 6.31. The van der Waals surface area contributed by atoms with E-state index in [1.54, 1.807) is 17.0 Å². The second kappa shape index (κ2) is 7.28. The molecule has 0 saturated carbocycles. The summed E-state index contributed by atoms with van der Waals surface area (Å²) >= 11 is 6.08. The van der Waals surface area contributed by atoms with Crippen LogP contribution in [-0.2, 0) is 19.1 Å². The van der Waals surface area contributed by atoms with Crippen LogP contribution in [0.25, 0.3) is 0 Å². The fraction of sp³-hybridized carbons (Fsp3) is 0.524. The molecule has 4 atom stereocenters. The van der Waals surface area contributed by atoms with E-state index in [1.807, 2.05) is 24.3 Å². The highest BCUT2D eigenvalue weighted by Gasteiger charge is 2.67. The summed E-state index contributed by atoms with van der Waals surface area (Å²) in [5.74, 6) is -1.53. The molecule has 6 heteroatoms. The van der Waals surface area contributed by atoms with Gasteiger partial charge in [0.1, 0.15) is 11.5 Å². The van der Waals surface area contributed by atoms with E-state index in [4.69, 9.17) is 21.1 Å². The van der Waals surface area contributed by atoms with E-state index in [0.717, 1.165) is 31.4 Å². The van der Waals surface area contributed by atoms with Gasteiger partial charge in [-0.3, -0.25) is 9.59 Å². The van der Waals surface area contributed by atoms with Crippen molar-refractivity contribution in [3.63, 3.8) is 0 Å². The molecule has 4 rings (SSSR count). The molecule has 2 bridgehead atoms. The number of halogens is 1. The number of ether oxygens (including phenoxy) is 2. The van der Waals surface area contributed by atoms with Crippen LogP contribution in [0.2, 0.25) is 5.02 Å². The molecular weight excluding hydrogens is 366 g/mol. The third kappa shape index (κ3) is 3.17. The fourth-order valence-electron chi connectivity index (χ4n) is 4.43. The van der Waals surface area contributed by atoms with Crippen LogP contribution in [0.15, 0.2) is 36.4 Å². The number of amides is 1. The zero-order valence-electron chi connectivity index (χ0n) is 15.4. The van der Waals surface area contributed by atoms with Crippen LogP contribution in [-0.4, -0.2) is 36.7 Å². The monoisotopic (exact) mass is 389 g/mol. The van der Waals surface area contributed by atoms with Crippen molar-refractivity contribution in [2.45, 2.75) is 44.3 Å². The molecule has 3 heterocycles. The lowest BCUT2D eigenvalue weighted by Gasteiger charge is -2.22. The van der Waals surface area contributed by atoms with Gasteiger partial charge < -0.3 is 14.4 Å². The molecule has 0 N–H and O–H groups in total. The fourth-order valence-corrected chi connectivity index (χ4v) is 4.61. The molecule has 2 fully saturated rings. The Kier molecular flexibility index (Phi) is 4.99. The molecule has 3 aliphatic rings. The zero-order valence-corrected chi connectivity index (χ0v) is 16.2. The first-order valence-electron chi connectivity index (χ1n) is 9.66. The Labute approximate surface area is 164 Å². The van der Waals surface area contributed by atoms with Gasteiger partial charge in [0.25, 0.3) is 0 Å². The van der Waals surface area contributed by atoms with Gasteiger partial charge in [-0.25, -0.2) is 0 Å². The molecular formula is C21H24ClNO4. The smallest absolute Gasteiger partial charge is 0.312 e. The van der Waals surface area contributed by atoms with Crippen molar-refractivity contribution >= 4 is 29.2 Å². The van der Waals surface area contributed by atoms with E-state index < -0.39 is 17.4 Å². The van der Waals surface area contributed by atoms with Crippen LogP contribution in [0, 0.1) is 11.8 Å². The Hall–Kier alpha value is -1.85. The van der Waals surface area contributed by atoms with Crippen molar-refractivity contribution in [3.8, 4) is 0 Å². The summed E-state index contributed by atoms with van der Waals surface area (Å²) in [7, 11) is 0. The van der Waals surface area contributed by atoms with Crippen molar-refractivity contribution in [2.75, 3.05) is 18.1 Å². The van der Waals surface area contributed by atoms with E-state index in [2.05, 4.69) is 6.92 Å². The van der Waals surface area contributed by atoms with Crippen molar-refractivity contribution in [1.29, 1.82) is 0 Å². The Bertz CT molecular complexity index is 779. The normalized spacial score (nSPS) is 30.8. The van der Waals surface area contributed by atoms with Gasteiger partial charge in [-0.2, -0.15) is 0 Å². The van der Waals surface area contributed by atoms with Gasteiger partial charge in [-0.05, 0) is 24.6 Å². The molecule has 1 aromatic rings. The Balaban J connectivity index is 1.49. The van der Waals surface area contributed by atoms with E-state index in [0.29, 0.717) is 18.2 Å². The van der Waals surface area contributed by atoms with Gasteiger partial charge in [0.2, 0.25) is 5.91 Å². The molecule has 0 aliphatic carbocycles. The minimum Gasteiger partial charge on any atom is -0.465 e. The topological polar surface area (TPSA) is 55.8 Å². The molecule has 27 heavy (non-hydrogen) atoms. The first kappa shape index (κ1) is 18.5. The third-order valence-corrected chi connectivity index (χ3v) is 5.97. The van der Waals surface area contributed by atoms with E-state index in [9.17, 15) is 9.59 Å². The quantitative estimate of drug-likeness (QED) is 0.405. The number of fused-ring (bicyclic) bond motifs is 1. The van der Waals surface area contributed by atoms with Crippen LogP contribution in [0.3, 0.4) is 0 Å². The summed E-state index contributed by atoms with van der Waals surface area (Å²) in [6.07, 6.45) is 7.63. The molecule has 2 saturated heterocycles. The highest BCUT2D eigenvalue weighted by atomic mass is 35.5. The minimum atomic E-state index is -0.740. The van der Waals surface area contributed by atoms with Crippen molar-refractivity contribution in [3.05, 3.63) is 41.4 Å². The molecule has 0 aromatic heterocycles. The van der Waals surface area contributed by atoms with Gasteiger partial charge in [0.05, 0.1) is 25.2 Å². The van der Waals surface area contributed by atoms with Crippen LogP contribution in [0.1, 0.15) is 32.6 Å². The zero-order chi connectivity index (χ0) is 19.0. The lowest BCUT2D eigenvalue weighted by molar-refractivity contribution is -0.152. The van der Waals surface area contributed by atoms with E-state index >= 15 is 0 Å². The van der Waals surface area contributed by atoms with Crippen molar-refractivity contribution in [2.24, 2.45) is 11.8 Å². The summed E-state index contributed by atoms with van der Waals surface area (Å²) in [5, 5.41) is 0.568. The number of carbonyl (C=O) groups excluding carboxylic acids is 2. The van der Waals surface area contributed by atoms with Crippen LogP contribution < -0.4 is 4.90 Å². The molecule has 3 aliphatic heterocycles. The average Bonchev–Trinajstić information content (AvgIpc) is 3.30. The predicted octanol–water partition coefficient (Wildman–Crippen LogP) is 3.75. The van der Waals surface area contributed by atoms with Gasteiger partial charge in [0.15, 0.2) is 0 Å². The van der Waals surface area contributed by atoms with Gasteiger partial charge in [-0.1, -0.05) is 56.0 Å². The number of hydrogen-bond donors (Lipinski definition) is 0. The molecule has 144 valence electrons. The number of hydrogen-bond acceptors (Lipinski definition) is 4. The summed E-state index contributed by atoms with van der Waals surface area (Å²) < 4.78 is 11.6. The number of esters is 1. The Morgan fingerprint density at radius 2 is 2.22 bits per heavy atom. The van der Waals surface area contributed by atoms with E-state index in [1.165, 1.54) is 0 Å². The molecule has 1 aromatic carbocycles.